The number of nitrogens with zero attached hydrogens (tertiary/aromatic N) is 1. The Morgan fingerprint density at radius 2 is 1.74 bits per heavy atom. The molecule has 0 saturated heterocycles. The third-order valence-corrected chi connectivity index (χ3v) is 2.59. The van der Waals surface area contributed by atoms with Crippen molar-refractivity contribution in [2.75, 3.05) is 14.2 Å². The number of benzene rings is 1. The van der Waals surface area contributed by atoms with Gasteiger partial charge in [-0.2, -0.15) is 0 Å². The van der Waals surface area contributed by atoms with Crippen molar-refractivity contribution in [1.29, 1.82) is 0 Å². The molecule has 2 rings (SSSR count). The smallest absolute Gasteiger partial charge is 0.200 e. The summed E-state index contributed by atoms with van der Waals surface area (Å²) in [6.45, 7) is 1.85. The first-order valence-electron chi connectivity index (χ1n) is 5.70. The van der Waals surface area contributed by atoms with Crippen LogP contribution in [0.4, 0.5) is 0 Å². The van der Waals surface area contributed by atoms with E-state index in [0.717, 1.165) is 11.3 Å². The number of hydrogen-bond acceptors (Lipinski definition) is 5. The van der Waals surface area contributed by atoms with Crippen LogP contribution in [0.15, 0.2) is 22.7 Å². The molecule has 100 valence electrons. The van der Waals surface area contributed by atoms with Gasteiger partial charge >= 0.3 is 0 Å². The Balaban J connectivity index is 2.32. The molecule has 0 radical (unpaired) electrons. The molecule has 0 aliphatic carbocycles. The van der Waals surface area contributed by atoms with E-state index in [0.29, 0.717) is 17.3 Å². The summed E-state index contributed by atoms with van der Waals surface area (Å²) in [4.78, 5) is 0. The lowest BCUT2D eigenvalue weighted by Gasteiger charge is -2.09. The van der Waals surface area contributed by atoms with Crippen LogP contribution in [0.2, 0.25) is 0 Å². The predicted molar refractivity (Wildman–Crippen MR) is 71.4 cm³/mol. The third kappa shape index (κ3) is 2.88. The quantitative estimate of drug-likeness (QED) is 0.916. The van der Waals surface area contributed by atoms with Gasteiger partial charge < -0.3 is 19.1 Å². The average molecular weight is 261 g/mol. The van der Waals surface area contributed by atoms with Gasteiger partial charge in [0.15, 0.2) is 17.3 Å². The number of phenols is 1. The number of rotatable bonds is 4. The van der Waals surface area contributed by atoms with Crippen LogP contribution >= 0.6 is 0 Å². The SMILES string of the molecule is COc1cc(/C=C/c2cc(C)no2)cc(OC)c1O. The molecule has 0 atom stereocenters. The molecule has 1 heterocycles. The zero-order valence-corrected chi connectivity index (χ0v) is 11.0. The van der Waals surface area contributed by atoms with E-state index in [1.54, 1.807) is 18.2 Å². The lowest BCUT2D eigenvalue weighted by Crippen LogP contribution is -1.90. The zero-order valence-electron chi connectivity index (χ0n) is 11.0. The van der Waals surface area contributed by atoms with Gasteiger partial charge in [0.1, 0.15) is 0 Å². The molecule has 0 aliphatic heterocycles. The summed E-state index contributed by atoms with van der Waals surface area (Å²) in [5, 5.41) is 13.6. The van der Waals surface area contributed by atoms with Crippen LogP contribution in [0.5, 0.6) is 17.2 Å². The molecule has 0 saturated carbocycles. The molecule has 0 spiro atoms. The number of aromatic hydroxyl groups is 1. The molecule has 0 unspecified atom stereocenters. The Morgan fingerprint density at radius 1 is 1.11 bits per heavy atom. The number of aryl methyl sites for hydroxylation is 1. The summed E-state index contributed by atoms with van der Waals surface area (Å²) in [5.41, 5.74) is 1.64. The molecular formula is C14H15NO4. The van der Waals surface area contributed by atoms with Gasteiger partial charge in [-0.15, -0.1) is 0 Å². The summed E-state index contributed by atoms with van der Waals surface area (Å²) >= 11 is 0. The molecule has 0 bridgehead atoms. The van der Waals surface area contributed by atoms with Gasteiger partial charge in [-0.05, 0) is 30.7 Å². The summed E-state index contributed by atoms with van der Waals surface area (Å²) in [6.07, 6.45) is 3.61. The topological polar surface area (TPSA) is 64.7 Å². The van der Waals surface area contributed by atoms with Crippen molar-refractivity contribution in [3.05, 3.63) is 35.2 Å². The highest BCUT2D eigenvalue weighted by Crippen LogP contribution is 2.37. The van der Waals surface area contributed by atoms with Crippen LogP contribution in [-0.4, -0.2) is 24.5 Å². The molecule has 1 N–H and O–H groups in total. The summed E-state index contributed by atoms with van der Waals surface area (Å²) < 4.78 is 15.2. The standard InChI is InChI=1S/C14H15NO4/c1-9-6-11(19-15-9)5-4-10-7-12(17-2)14(16)13(8-10)18-3/h4-8,16H,1-3H3/b5-4+. The molecule has 0 fully saturated rings. The van der Waals surface area contributed by atoms with Gasteiger partial charge in [0.2, 0.25) is 5.75 Å². The third-order valence-electron chi connectivity index (χ3n) is 2.59. The minimum Gasteiger partial charge on any atom is -0.502 e. The lowest BCUT2D eigenvalue weighted by molar-refractivity contribution is 0.340. The molecule has 0 aliphatic rings. The van der Waals surface area contributed by atoms with Crippen LogP contribution in [-0.2, 0) is 0 Å². The van der Waals surface area contributed by atoms with E-state index in [-0.39, 0.29) is 5.75 Å². The Hall–Kier alpha value is -2.43. The molecular weight excluding hydrogens is 246 g/mol. The van der Waals surface area contributed by atoms with Crippen molar-refractivity contribution in [2.24, 2.45) is 0 Å². The van der Waals surface area contributed by atoms with E-state index in [2.05, 4.69) is 5.16 Å². The van der Waals surface area contributed by atoms with Crippen molar-refractivity contribution in [3.63, 3.8) is 0 Å². The normalized spacial score (nSPS) is 10.9. The number of phenolic OH excluding ortho intramolecular Hbond substituents is 1. The van der Waals surface area contributed by atoms with Crippen LogP contribution in [0.25, 0.3) is 12.2 Å². The fourth-order valence-corrected chi connectivity index (χ4v) is 1.65. The minimum atomic E-state index is -0.0161. The fourth-order valence-electron chi connectivity index (χ4n) is 1.65. The second-order valence-corrected chi connectivity index (χ2v) is 3.98. The van der Waals surface area contributed by atoms with Crippen molar-refractivity contribution < 1.29 is 19.1 Å². The first kappa shape index (κ1) is 13.0. The van der Waals surface area contributed by atoms with Crippen molar-refractivity contribution >= 4 is 12.2 Å². The van der Waals surface area contributed by atoms with Crippen molar-refractivity contribution in [3.8, 4) is 17.2 Å². The summed E-state index contributed by atoms with van der Waals surface area (Å²) in [5.74, 6) is 1.35. The number of methoxy groups -OCH3 is 2. The number of hydrogen-bond donors (Lipinski definition) is 1. The second kappa shape index (κ2) is 5.48. The van der Waals surface area contributed by atoms with Gasteiger partial charge in [0.05, 0.1) is 19.9 Å². The van der Waals surface area contributed by atoms with Gasteiger partial charge in [-0.25, -0.2) is 0 Å². The highest BCUT2D eigenvalue weighted by Gasteiger charge is 2.09. The van der Waals surface area contributed by atoms with E-state index in [1.165, 1.54) is 14.2 Å². The Morgan fingerprint density at radius 3 is 2.21 bits per heavy atom. The highest BCUT2D eigenvalue weighted by molar-refractivity contribution is 5.71. The van der Waals surface area contributed by atoms with Gasteiger partial charge in [-0.1, -0.05) is 11.2 Å². The molecule has 5 heteroatoms. The van der Waals surface area contributed by atoms with Crippen LogP contribution < -0.4 is 9.47 Å². The van der Waals surface area contributed by atoms with Crippen LogP contribution in [0.1, 0.15) is 17.0 Å². The largest absolute Gasteiger partial charge is 0.502 e. The molecule has 2 aromatic rings. The first-order chi connectivity index (χ1) is 9.13. The van der Waals surface area contributed by atoms with E-state index in [1.807, 2.05) is 19.1 Å². The molecule has 19 heavy (non-hydrogen) atoms. The first-order valence-corrected chi connectivity index (χ1v) is 5.70. The summed E-state index contributed by atoms with van der Waals surface area (Å²) in [7, 11) is 2.98. The maximum absolute atomic E-state index is 9.80. The monoisotopic (exact) mass is 261 g/mol. The van der Waals surface area contributed by atoms with Gasteiger partial charge in [0, 0.05) is 6.07 Å². The predicted octanol–water partition coefficient (Wildman–Crippen LogP) is 2.88. The molecule has 1 aromatic carbocycles. The second-order valence-electron chi connectivity index (χ2n) is 3.98. The fraction of sp³-hybridized carbons (Fsp3) is 0.214. The maximum Gasteiger partial charge on any atom is 0.200 e. The highest BCUT2D eigenvalue weighted by atomic mass is 16.5. The molecule has 1 aromatic heterocycles. The van der Waals surface area contributed by atoms with Gasteiger partial charge in [0.25, 0.3) is 0 Å². The minimum absolute atomic E-state index is 0.0161. The number of ether oxygens (including phenoxy) is 2. The average Bonchev–Trinajstić information content (AvgIpc) is 2.83. The maximum atomic E-state index is 9.80. The van der Waals surface area contributed by atoms with E-state index < -0.39 is 0 Å². The van der Waals surface area contributed by atoms with Crippen LogP contribution in [0, 0.1) is 6.92 Å². The van der Waals surface area contributed by atoms with E-state index >= 15 is 0 Å². The van der Waals surface area contributed by atoms with E-state index in [4.69, 9.17) is 14.0 Å². The van der Waals surface area contributed by atoms with E-state index in [9.17, 15) is 5.11 Å². The number of aromatic nitrogens is 1. The van der Waals surface area contributed by atoms with Gasteiger partial charge in [-0.3, -0.25) is 0 Å². The molecule has 0 amide bonds. The lowest BCUT2D eigenvalue weighted by atomic mass is 10.1. The van der Waals surface area contributed by atoms with Crippen molar-refractivity contribution in [1.82, 2.24) is 5.16 Å². The summed E-state index contributed by atoms with van der Waals surface area (Å²) in [6, 6.07) is 5.24. The molecule has 5 nitrogen and oxygen atoms in total. The van der Waals surface area contributed by atoms with Crippen molar-refractivity contribution in [2.45, 2.75) is 6.92 Å². The van der Waals surface area contributed by atoms with Crippen LogP contribution in [0.3, 0.4) is 0 Å². The Bertz CT molecular complexity index is 576. The Labute approximate surface area is 111 Å². The zero-order chi connectivity index (χ0) is 13.8. The Kier molecular flexibility index (Phi) is 3.75.